The van der Waals surface area contributed by atoms with Crippen molar-refractivity contribution in [2.24, 2.45) is 0 Å². The number of aromatic nitrogens is 3. The van der Waals surface area contributed by atoms with Crippen LogP contribution in [0.3, 0.4) is 0 Å². The van der Waals surface area contributed by atoms with Crippen LogP contribution in [0.4, 0.5) is 0 Å². The SMILES string of the molecule is CN(C)C(=O)CCSc1nc[nH][n+]1-c1ccccc1. The highest BCUT2D eigenvalue weighted by Crippen LogP contribution is 2.13. The zero-order valence-corrected chi connectivity index (χ0v) is 11.9. The monoisotopic (exact) mass is 277 g/mol. The zero-order valence-electron chi connectivity index (χ0n) is 11.0. The van der Waals surface area contributed by atoms with Crippen LogP contribution in [0.2, 0.25) is 0 Å². The molecule has 1 N–H and O–H groups in total. The average Bonchev–Trinajstić information content (AvgIpc) is 2.88. The van der Waals surface area contributed by atoms with E-state index in [9.17, 15) is 4.79 Å². The van der Waals surface area contributed by atoms with Gasteiger partial charge in [-0.2, -0.15) is 5.10 Å². The Morgan fingerprint density at radius 2 is 2.11 bits per heavy atom. The maximum Gasteiger partial charge on any atom is 0.385 e. The van der Waals surface area contributed by atoms with E-state index in [1.165, 1.54) is 0 Å². The van der Waals surface area contributed by atoms with Crippen LogP contribution in [0.15, 0.2) is 41.8 Å². The summed E-state index contributed by atoms with van der Waals surface area (Å²) in [5.41, 5.74) is 1.03. The lowest BCUT2D eigenvalue weighted by molar-refractivity contribution is -0.694. The topological polar surface area (TPSA) is 52.9 Å². The Kier molecular flexibility index (Phi) is 4.57. The molecule has 19 heavy (non-hydrogen) atoms. The molecule has 0 fully saturated rings. The van der Waals surface area contributed by atoms with Gasteiger partial charge in [-0.05, 0) is 28.9 Å². The number of nitrogens with one attached hydrogen (secondary N) is 1. The fourth-order valence-corrected chi connectivity index (χ4v) is 2.45. The number of para-hydroxylation sites is 1. The van der Waals surface area contributed by atoms with E-state index in [1.54, 1.807) is 37.1 Å². The van der Waals surface area contributed by atoms with Crippen molar-refractivity contribution < 1.29 is 9.48 Å². The Labute approximate surface area is 116 Å². The Bertz CT molecular complexity index is 539. The molecule has 6 heteroatoms. The standard InChI is InChI=1S/C13H16N4OS/c1-16(2)12(18)8-9-19-13-14-10-15-17(13)11-6-4-3-5-7-11/h3-7,10H,8-9H2,1-2H3/p+1. The summed E-state index contributed by atoms with van der Waals surface area (Å²) in [5, 5.41) is 3.93. The Morgan fingerprint density at radius 1 is 1.37 bits per heavy atom. The van der Waals surface area contributed by atoms with Crippen LogP contribution in [-0.4, -0.2) is 40.7 Å². The quantitative estimate of drug-likeness (QED) is 0.661. The lowest BCUT2D eigenvalue weighted by Crippen LogP contribution is -2.34. The van der Waals surface area contributed by atoms with Gasteiger partial charge in [-0.1, -0.05) is 18.2 Å². The molecule has 0 saturated carbocycles. The van der Waals surface area contributed by atoms with Gasteiger partial charge in [0.15, 0.2) is 5.69 Å². The molecule has 1 heterocycles. The third kappa shape index (κ3) is 3.57. The molecule has 1 amide bonds. The van der Waals surface area contributed by atoms with E-state index in [4.69, 9.17) is 0 Å². The molecule has 0 aliphatic heterocycles. The van der Waals surface area contributed by atoms with Crippen molar-refractivity contribution in [3.8, 4) is 5.69 Å². The molecule has 5 nitrogen and oxygen atoms in total. The van der Waals surface area contributed by atoms with Crippen molar-refractivity contribution in [1.82, 2.24) is 15.0 Å². The van der Waals surface area contributed by atoms with Crippen LogP contribution in [0.1, 0.15) is 6.42 Å². The molecule has 0 spiro atoms. The average molecular weight is 277 g/mol. The molecule has 1 aromatic heterocycles. The summed E-state index contributed by atoms with van der Waals surface area (Å²) in [6, 6.07) is 9.95. The summed E-state index contributed by atoms with van der Waals surface area (Å²) < 4.78 is 1.91. The Hall–Kier alpha value is -1.82. The van der Waals surface area contributed by atoms with Gasteiger partial charge in [0.1, 0.15) is 0 Å². The third-order valence-electron chi connectivity index (χ3n) is 2.61. The van der Waals surface area contributed by atoms with Crippen LogP contribution in [0, 0.1) is 0 Å². The predicted molar refractivity (Wildman–Crippen MR) is 74.2 cm³/mol. The molecule has 0 bridgehead atoms. The smallest absolute Gasteiger partial charge is 0.349 e. The van der Waals surface area contributed by atoms with Crippen molar-refractivity contribution in [2.75, 3.05) is 19.8 Å². The van der Waals surface area contributed by atoms with Gasteiger partial charge < -0.3 is 4.90 Å². The third-order valence-corrected chi connectivity index (χ3v) is 3.57. The summed E-state index contributed by atoms with van der Waals surface area (Å²) in [6.45, 7) is 0. The molecule has 0 atom stereocenters. The first-order valence-corrected chi connectivity index (χ1v) is 7.01. The number of amides is 1. The van der Waals surface area contributed by atoms with Gasteiger partial charge in [0.05, 0.1) is 0 Å². The summed E-state index contributed by atoms with van der Waals surface area (Å²) in [4.78, 5) is 17.4. The van der Waals surface area contributed by atoms with Crippen molar-refractivity contribution in [3.05, 3.63) is 36.7 Å². The Balaban J connectivity index is 1.99. The number of benzene rings is 1. The highest BCUT2D eigenvalue weighted by molar-refractivity contribution is 7.99. The number of carbonyl (C=O) groups is 1. The number of thioether (sulfide) groups is 1. The minimum Gasteiger partial charge on any atom is -0.349 e. The van der Waals surface area contributed by atoms with E-state index in [0.717, 1.165) is 10.8 Å². The second kappa shape index (κ2) is 6.38. The van der Waals surface area contributed by atoms with E-state index in [1.807, 2.05) is 35.0 Å². The minimum atomic E-state index is 0.134. The normalized spacial score (nSPS) is 10.4. The molecular formula is C13H17N4OS+. The molecule has 100 valence electrons. The van der Waals surface area contributed by atoms with E-state index in [0.29, 0.717) is 12.2 Å². The summed E-state index contributed by atoms with van der Waals surface area (Å²) in [5.74, 6) is 0.851. The number of H-pyrrole nitrogens is 1. The van der Waals surface area contributed by atoms with Crippen LogP contribution < -0.4 is 4.68 Å². The van der Waals surface area contributed by atoms with Crippen LogP contribution in [0.5, 0.6) is 0 Å². The van der Waals surface area contributed by atoms with E-state index in [2.05, 4.69) is 10.1 Å². The molecule has 0 saturated heterocycles. The number of nitrogens with zero attached hydrogens (tertiary/aromatic N) is 3. The van der Waals surface area contributed by atoms with Crippen LogP contribution >= 0.6 is 11.8 Å². The zero-order chi connectivity index (χ0) is 13.7. The second-order valence-corrected chi connectivity index (χ2v) is 5.29. The molecule has 0 aliphatic carbocycles. The van der Waals surface area contributed by atoms with Crippen LogP contribution in [-0.2, 0) is 4.79 Å². The van der Waals surface area contributed by atoms with Crippen molar-refractivity contribution >= 4 is 17.7 Å². The largest absolute Gasteiger partial charge is 0.385 e. The fourth-order valence-electron chi connectivity index (χ4n) is 1.57. The number of aromatic amines is 1. The second-order valence-electron chi connectivity index (χ2n) is 4.23. The molecule has 0 radical (unpaired) electrons. The lowest BCUT2D eigenvalue weighted by atomic mass is 10.3. The highest BCUT2D eigenvalue weighted by Gasteiger charge is 2.17. The first-order chi connectivity index (χ1) is 9.18. The number of rotatable bonds is 5. The molecule has 1 aromatic carbocycles. The first-order valence-electron chi connectivity index (χ1n) is 6.02. The van der Waals surface area contributed by atoms with Gasteiger partial charge in [0.2, 0.25) is 12.2 Å². The molecular weight excluding hydrogens is 260 g/mol. The number of hydrogen-bond acceptors (Lipinski definition) is 3. The van der Waals surface area contributed by atoms with Gasteiger partial charge in [0, 0.05) is 26.3 Å². The fraction of sp³-hybridized carbons (Fsp3) is 0.308. The summed E-state index contributed by atoms with van der Waals surface area (Å²) in [7, 11) is 3.54. The van der Waals surface area contributed by atoms with Crippen molar-refractivity contribution in [1.29, 1.82) is 0 Å². The van der Waals surface area contributed by atoms with Crippen LogP contribution in [0.25, 0.3) is 5.69 Å². The van der Waals surface area contributed by atoms with Gasteiger partial charge in [-0.3, -0.25) is 4.79 Å². The lowest BCUT2D eigenvalue weighted by Gasteiger charge is -2.08. The highest BCUT2D eigenvalue weighted by atomic mass is 32.2. The predicted octanol–water partition coefficient (Wildman–Crippen LogP) is 1.26. The van der Waals surface area contributed by atoms with Crippen molar-refractivity contribution in [2.45, 2.75) is 11.6 Å². The first kappa shape index (κ1) is 13.6. The van der Waals surface area contributed by atoms with E-state index >= 15 is 0 Å². The Morgan fingerprint density at radius 3 is 2.79 bits per heavy atom. The minimum absolute atomic E-state index is 0.134. The van der Waals surface area contributed by atoms with Gasteiger partial charge in [-0.15, -0.1) is 4.68 Å². The number of carbonyl (C=O) groups excluding carboxylic acids is 1. The van der Waals surface area contributed by atoms with E-state index in [-0.39, 0.29) is 5.91 Å². The maximum absolute atomic E-state index is 11.5. The summed E-state index contributed by atoms with van der Waals surface area (Å²) >= 11 is 1.57. The maximum atomic E-state index is 11.5. The van der Waals surface area contributed by atoms with Gasteiger partial charge in [-0.25, -0.2) is 0 Å². The van der Waals surface area contributed by atoms with Crippen molar-refractivity contribution in [3.63, 3.8) is 0 Å². The summed E-state index contributed by atoms with van der Waals surface area (Å²) in [6.07, 6.45) is 2.17. The molecule has 0 aliphatic rings. The van der Waals surface area contributed by atoms with E-state index < -0.39 is 0 Å². The molecule has 2 rings (SSSR count). The number of hydrogen-bond donors (Lipinski definition) is 1. The van der Waals surface area contributed by atoms with Gasteiger partial charge in [0.25, 0.3) is 0 Å². The molecule has 0 unspecified atom stereocenters. The van der Waals surface area contributed by atoms with Gasteiger partial charge >= 0.3 is 5.16 Å². The molecule has 2 aromatic rings.